The first kappa shape index (κ1) is 13.8. The zero-order chi connectivity index (χ0) is 14.7. The maximum absolute atomic E-state index is 11.0. The second-order valence-corrected chi connectivity index (χ2v) is 5.20. The van der Waals surface area contributed by atoms with Crippen molar-refractivity contribution in [3.63, 3.8) is 0 Å². The van der Waals surface area contributed by atoms with Crippen molar-refractivity contribution < 1.29 is 14.4 Å². The summed E-state index contributed by atoms with van der Waals surface area (Å²) in [5.41, 5.74) is 0.896. The monoisotopic (exact) mass is 287 g/mol. The van der Waals surface area contributed by atoms with Gasteiger partial charge in [0.05, 0.1) is 12.6 Å². The Morgan fingerprint density at radius 3 is 2.90 bits per heavy atom. The minimum Gasteiger partial charge on any atom is -0.480 e. The fourth-order valence-corrected chi connectivity index (χ4v) is 2.71. The molecule has 0 bridgehead atoms. The summed E-state index contributed by atoms with van der Waals surface area (Å²) in [6.45, 7) is 0.758. The standard InChI is InChI=1S/C15H17N3O3/c19-13(20)10-18-9-5-4-8-12(18)15-16-14(17-21-15)11-6-2-1-3-7-11/h1-3,6-7,12H,4-5,8-10H2,(H,19,20)/t12-/m0/s1. The van der Waals surface area contributed by atoms with Gasteiger partial charge >= 0.3 is 5.97 Å². The first-order valence-corrected chi connectivity index (χ1v) is 7.09. The lowest BCUT2D eigenvalue weighted by molar-refractivity contribution is -0.139. The first-order chi connectivity index (χ1) is 10.2. The van der Waals surface area contributed by atoms with Gasteiger partial charge < -0.3 is 9.63 Å². The molecule has 1 aliphatic rings. The maximum atomic E-state index is 11.0. The van der Waals surface area contributed by atoms with Crippen molar-refractivity contribution in [2.45, 2.75) is 25.3 Å². The molecule has 0 aliphatic carbocycles. The topological polar surface area (TPSA) is 79.5 Å². The van der Waals surface area contributed by atoms with Crippen LogP contribution in [0.1, 0.15) is 31.2 Å². The number of benzene rings is 1. The van der Waals surface area contributed by atoms with Gasteiger partial charge in [0.25, 0.3) is 0 Å². The largest absolute Gasteiger partial charge is 0.480 e. The van der Waals surface area contributed by atoms with Gasteiger partial charge in [-0.3, -0.25) is 9.69 Å². The van der Waals surface area contributed by atoms with E-state index >= 15 is 0 Å². The van der Waals surface area contributed by atoms with E-state index in [4.69, 9.17) is 9.63 Å². The highest BCUT2D eigenvalue weighted by Gasteiger charge is 2.30. The highest BCUT2D eigenvalue weighted by molar-refractivity contribution is 5.69. The summed E-state index contributed by atoms with van der Waals surface area (Å²) in [7, 11) is 0. The average Bonchev–Trinajstić information content (AvgIpc) is 2.98. The summed E-state index contributed by atoms with van der Waals surface area (Å²) in [5.74, 6) is 0.228. The van der Waals surface area contributed by atoms with Crippen LogP contribution < -0.4 is 0 Å². The van der Waals surface area contributed by atoms with E-state index in [0.717, 1.165) is 31.4 Å². The van der Waals surface area contributed by atoms with E-state index in [-0.39, 0.29) is 12.6 Å². The van der Waals surface area contributed by atoms with E-state index in [1.54, 1.807) is 0 Å². The van der Waals surface area contributed by atoms with Gasteiger partial charge in [0.15, 0.2) is 0 Å². The summed E-state index contributed by atoms with van der Waals surface area (Å²) < 4.78 is 5.37. The van der Waals surface area contributed by atoms with Gasteiger partial charge in [0, 0.05) is 5.56 Å². The molecule has 2 heterocycles. The predicted octanol–water partition coefficient (Wildman–Crippen LogP) is 2.35. The van der Waals surface area contributed by atoms with E-state index < -0.39 is 5.97 Å². The zero-order valence-electron chi connectivity index (χ0n) is 11.6. The Hall–Kier alpha value is -2.21. The minimum atomic E-state index is -0.829. The van der Waals surface area contributed by atoms with Crippen LogP contribution in [-0.2, 0) is 4.79 Å². The molecule has 0 saturated carbocycles. The van der Waals surface area contributed by atoms with Crippen LogP contribution in [0.4, 0.5) is 0 Å². The number of nitrogens with zero attached hydrogens (tertiary/aromatic N) is 3. The molecule has 1 aromatic carbocycles. The van der Waals surface area contributed by atoms with E-state index in [9.17, 15) is 4.79 Å². The van der Waals surface area contributed by atoms with Crippen molar-refractivity contribution in [2.24, 2.45) is 0 Å². The molecule has 1 atom stereocenters. The Morgan fingerprint density at radius 2 is 2.14 bits per heavy atom. The summed E-state index contributed by atoms with van der Waals surface area (Å²) in [6, 6.07) is 9.51. The van der Waals surface area contributed by atoms with Gasteiger partial charge in [0.2, 0.25) is 11.7 Å². The molecule has 1 fully saturated rings. The summed E-state index contributed by atoms with van der Waals surface area (Å²) >= 11 is 0. The van der Waals surface area contributed by atoms with Crippen molar-refractivity contribution in [3.05, 3.63) is 36.2 Å². The quantitative estimate of drug-likeness (QED) is 0.929. The van der Waals surface area contributed by atoms with E-state index in [1.807, 2.05) is 35.2 Å². The molecule has 1 N–H and O–H groups in total. The number of carboxylic acid groups (broad SMARTS) is 1. The SMILES string of the molecule is O=C(O)CN1CCCC[C@H]1c1nc(-c2ccccc2)no1. The number of carboxylic acids is 1. The van der Waals surface area contributed by atoms with Crippen LogP contribution in [0.25, 0.3) is 11.4 Å². The van der Waals surface area contributed by atoms with Crippen LogP contribution in [-0.4, -0.2) is 39.2 Å². The van der Waals surface area contributed by atoms with Gasteiger partial charge in [0.1, 0.15) is 0 Å². The zero-order valence-corrected chi connectivity index (χ0v) is 11.6. The lowest BCUT2D eigenvalue weighted by Crippen LogP contribution is -2.37. The summed E-state index contributed by atoms with van der Waals surface area (Å²) in [5, 5.41) is 13.0. The van der Waals surface area contributed by atoms with Crippen LogP contribution in [0.2, 0.25) is 0 Å². The summed E-state index contributed by atoms with van der Waals surface area (Å²) in [6.07, 6.45) is 2.90. The number of hydrogen-bond donors (Lipinski definition) is 1. The lowest BCUT2D eigenvalue weighted by Gasteiger charge is -2.31. The lowest BCUT2D eigenvalue weighted by atomic mass is 10.0. The van der Waals surface area contributed by atoms with E-state index in [0.29, 0.717) is 11.7 Å². The Bertz CT molecular complexity index is 612. The van der Waals surface area contributed by atoms with E-state index in [1.165, 1.54) is 0 Å². The predicted molar refractivity (Wildman–Crippen MR) is 75.5 cm³/mol. The van der Waals surface area contributed by atoms with Crippen LogP contribution in [0.3, 0.4) is 0 Å². The third-order valence-electron chi connectivity index (χ3n) is 3.71. The molecule has 21 heavy (non-hydrogen) atoms. The highest BCUT2D eigenvalue weighted by Crippen LogP contribution is 2.30. The normalized spacial score (nSPS) is 19.5. The fraction of sp³-hybridized carbons (Fsp3) is 0.400. The molecule has 1 aromatic heterocycles. The van der Waals surface area contributed by atoms with Crippen molar-refractivity contribution >= 4 is 5.97 Å². The Labute approximate surface area is 122 Å². The molecular formula is C15H17N3O3. The Morgan fingerprint density at radius 1 is 1.33 bits per heavy atom. The number of aliphatic carboxylic acids is 1. The van der Waals surface area contributed by atoms with Gasteiger partial charge in [-0.15, -0.1) is 0 Å². The molecule has 110 valence electrons. The highest BCUT2D eigenvalue weighted by atomic mass is 16.5. The second kappa shape index (κ2) is 6.05. The molecular weight excluding hydrogens is 270 g/mol. The van der Waals surface area contributed by atoms with Crippen LogP contribution in [0.15, 0.2) is 34.9 Å². The van der Waals surface area contributed by atoms with Crippen molar-refractivity contribution in [3.8, 4) is 11.4 Å². The Balaban J connectivity index is 1.82. The number of hydrogen-bond acceptors (Lipinski definition) is 5. The molecule has 0 unspecified atom stereocenters. The minimum absolute atomic E-state index is 0.00766. The van der Waals surface area contributed by atoms with Gasteiger partial charge in [-0.1, -0.05) is 41.9 Å². The Kier molecular flexibility index (Phi) is 3.96. The number of carbonyl (C=O) groups is 1. The van der Waals surface area contributed by atoms with Gasteiger partial charge in [-0.05, 0) is 19.4 Å². The third-order valence-corrected chi connectivity index (χ3v) is 3.71. The molecule has 1 aliphatic heterocycles. The van der Waals surface area contributed by atoms with Gasteiger partial charge in [-0.2, -0.15) is 4.98 Å². The number of rotatable bonds is 4. The first-order valence-electron chi connectivity index (χ1n) is 7.09. The average molecular weight is 287 g/mol. The third kappa shape index (κ3) is 3.11. The van der Waals surface area contributed by atoms with Crippen molar-refractivity contribution in [1.29, 1.82) is 0 Å². The van der Waals surface area contributed by atoms with E-state index in [2.05, 4.69) is 10.1 Å². The molecule has 6 nitrogen and oxygen atoms in total. The van der Waals surface area contributed by atoms with Gasteiger partial charge in [-0.25, -0.2) is 0 Å². The van der Waals surface area contributed by atoms with Crippen LogP contribution in [0.5, 0.6) is 0 Å². The molecule has 0 spiro atoms. The van der Waals surface area contributed by atoms with Crippen LogP contribution >= 0.6 is 0 Å². The molecule has 6 heteroatoms. The second-order valence-electron chi connectivity index (χ2n) is 5.20. The van der Waals surface area contributed by atoms with Crippen LogP contribution in [0, 0.1) is 0 Å². The maximum Gasteiger partial charge on any atom is 0.317 e. The van der Waals surface area contributed by atoms with Crippen molar-refractivity contribution in [1.82, 2.24) is 15.0 Å². The van der Waals surface area contributed by atoms with Crippen molar-refractivity contribution in [2.75, 3.05) is 13.1 Å². The molecule has 2 aromatic rings. The molecule has 3 rings (SSSR count). The fourth-order valence-electron chi connectivity index (χ4n) is 2.71. The number of piperidine rings is 1. The number of likely N-dealkylation sites (tertiary alicyclic amines) is 1. The molecule has 1 saturated heterocycles. The molecule has 0 amide bonds. The summed E-state index contributed by atoms with van der Waals surface area (Å²) in [4.78, 5) is 17.3. The number of aromatic nitrogens is 2. The molecule has 0 radical (unpaired) electrons. The smallest absolute Gasteiger partial charge is 0.317 e.